The van der Waals surface area contributed by atoms with E-state index in [2.05, 4.69) is 10.6 Å². The summed E-state index contributed by atoms with van der Waals surface area (Å²) in [5, 5.41) is 6.53. The lowest BCUT2D eigenvalue weighted by Crippen LogP contribution is -2.14. The molecular formula is C18H18Cl2N2O2S. The number of hydrogen-bond acceptors (Lipinski definition) is 3. The number of carbonyl (C=O) groups is 2. The van der Waals surface area contributed by atoms with Gasteiger partial charge in [0.25, 0.3) is 0 Å². The molecule has 0 bridgehead atoms. The van der Waals surface area contributed by atoms with Crippen molar-refractivity contribution in [3.05, 3.63) is 52.5 Å². The molecule has 0 aliphatic rings. The zero-order chi connectivity index (χ0) is 18.2. The fraction of sp³-hybridized carbons (Fsp3) is 0.222. The highest BCUT2D eigenvalue weighted by Crippen LogP contribution is 2.24. The molecule has 2 aromatic carbocycles. The van der Waals surface area contributed by atoms with Gasteiger partial charge in [0.05, 0.1) is 5.75 Å². The third kappa shape index (κ3) is 6.98. The van der Waals surface area contributed by atoms with Gasteiger partial charge < -0.3 is 10.6 Å². The predicted octanol–water partition coefficient (Wildman–Crippen LogP) is 5.46. The van der Waals surface area contributed by atoms with Gasteiger partial charge in [0.15, 0.2) is 0 Å². The fourth-order valence-electron chi connectivity index (χ4n) is 2.09. The van der Waals surface area contributed by atoms with Crippen LogP contribution in [-0.2, 0) is 9.59 Å². The van der Waals surface area contributed by atoms with Crippen molar-refractivity contribution in [2.24, 2.45) is 0 Å². The van der Waals surface area contributed by atoms with Crippen LogP contribution in [0.3, 0.4) is 0 Å². The third-order valence-electron chi connectivity index (χ3n) is 3.11. The molecule has 132 valence electrons. The summed E-state index contributed by atoms with van der Waals surface area (Å²) in [6.07, 6.45) is 1.29. The number of hydrogen-bond donors (Lipinski definition) is 2. The van der Waals surface area contributed by atoms with Crippen molar-refractivity contribution in [1.29, 1.82) is 0 Å². The van der Waals surface area contributed by atoms with Gasteiger partial charge in [0.1, 0.15) is 0 Å². The molecule has 7 heteroatoms. The molecule has 0 saturated heterocycles. The van der Waals surface area contributed by atoms with Crippen LogP contribution in [0.4, 0.5) is 11.4 Å². The highest BCUT2D eigenvalue weighted by Gasteiger charge is 2.07. The Hall–Kier alpha value is -1.69. The molecule has 0 radical (unpaired) electrons. The monoisotopic (exact) mass is 396 g/mol. The molecule has 0 saturated carbocycles. The van der Waals surface area contributed by atoms with Crippen molar-refractivity contribution < 1.29 is 9.59 Å². The zero-order valence-corrected chi connectivity index (χ0v) is 16.0. The lowest BCUT2D eigenvalue weighted by atomic mass is 10.3. The Kier molecular flexibility index (Phi) is 7.62. The molecule has 2 amide bonds. The maximum Gasteiger partial charge on any atom is 0.234 e. The van der Waals surface area contributed by atoms with Crippen molar-refractivity contribution in [1.82, 2.24) is 0 Å². The summed E-state index contributed by atoms with van der Waals surface area (Å²) in [4.78, 5) is 24.6. The molecule has 0 unspecified atom stereocenters. The minimum absolute atomic E-state index is 0.0137. The first-order valence-electron chi connectivity index (χ1n) is 7.75. The highest BCUT2D eigenvalue weighted by atomic mass is 35.5. The Labute approximate surface area is 161 Å². The van der Waals surface area contributed by atoms with E-state index in [1.54, 1.807) is 18.2 Å². The van der Waals surface area contributed by atoms with Crippen molar-refractivity contribution in [3.63, 3.8) is 0 Å². The number of halogens is 2. The lowest BCUT2D eigenvalue weighted by molar-refractivity contribution is -0.116. The topological polar surface area (TPSA) is 58.2 Å². The number of carbonyl (C=O) groups excluding carboxylic acids is 2. The van der Waals surface area contributed by atoms with Crippen LogP contribution in [0.15, 0.2) is 47.4 Å². The number of thioether (sulfide) groups is 1. The van der Waals surface area contributed by atoms with E-state index in [1.165, 1.54) is 11.8 Å². The van der Waals surface area contributed by atoms with Gasteiger partial charge in [-0.25, -0.2) is 0 Å². The predicted molar refractivity (Wildman–Crippen MR) is 106 cm³/mol. The average molecular weight is 397 g/mol. The molecule has 0 aromatic heterocycles. The SMILES string of the molecule is CCCC(=O)Nc1cccc(SCC(=O)Nc2cc(Cl)cc(Cl)c2)c1. The van der Waals surface area contributed by atoms with Crippen molar-refractivity contribution in [2.45, 2.75) is 24.7 Å². The summed E-state index contributed by atoms with van der Waals surface area (Å²) < 4.78 is 0. The third-order valence-corrected chi connectivity index (χ3v) is 4.54. The van der Waals surface area contributed by atoms with Crippen LogP contribution in [0.5, 0.6) is 0 Å². The zero-order valence-electron chi connectivity index (χ0n) is 13.6. The second-order valence-electron chi connectivity index (χ2n) is 5.32. The Balaban J connectivity index is 1.90. The molecule has 0 fully saturated rings. The van der Waals surface area contributed by atoms with Crippen LogP contribution in [0.2, 0.25) is 10.0 Å². The Morgan fingerprint density at radius 1 is 0.960 bits per heavy atom. The van der Waals surface area contributed by atoms with E-state index in [9.17, 15) is 9.59 Å². The largest absolute Gasteiger partial charge is 0.326 e. The van der Waals surface area contributed by atoms with Crippen molar-refractivity contribution in [2.75, 3.05) is 16.4 Å². The van der Waals surface area contributed by atoms with Gasteiger partial charge in [-0.05, 0) is 42.8 Å². The Morgan fingerprint density at radius 3 is 2.32 bits per heavy atom. The van der Waals surface area contributed by atoms with Gasteiger partial charge in [-0.3, -0.25) is 9.59 Å². The molecule has 4 nitrogen and oxygen atoms in total. The molecule has 0 atom stereocenters. The van der Waals surface area contributed by atoms with Crippen LogP contribution >= 0.6 is 35.0 Å². The summed E-state index contributed by atoms with van der Waals surface area (Å²) in [6.45, 7) is 1.96. The lowest BCUT2D eigenvalue weighted by Gasteiger charge is -2.08. The molecule has 0 aliphatic heterocycles. The van der Waals surface area contributed by atoms with Gasteiger partial charge in [0.2, 0.25) is 11.8 Å². The van der Waals surface area contributed by atoms with E-state index in [1.807, 2.05) is 31.2 Å². The number of anilines is 2. The second-order valence-corrected chi connectivity index (χ2v) is 7.24. The Bertz CT molecular complexity index is 748. The van der Waals surface area contributed by atoms with Gasteiger partial charge >= 0.3 is 0 Å². The number of amides is 2. The van der Waals surface area contributed by atoms with E-state index in [0.717, 1.165) is 17.0 Å². The number of benzene rings is 2. The van der Waals surface area contributed by atoms with E-state index < -0.39 is 0 Å². The van der Waals surface area contributed by atoms with Gasteiger partial charge in [-0.1, -0.05) is 36.2 Å². The van der Waals surface area contributed by atoms with Crippen LogP contribution in [-0.4, -0.2) is 17.6 Å². The van der Waals surface area contributed by atoms with E-state index >= 15 is 0 Å². The average Bonchev–Trinajstić information content (AvgIpc) is 2.52. The normalized spacial score (nSPS) is 10.4. The van der Waals surface area contributed by atoms with Gasteiger partial charge in [-0.2, -0.15) is 0 Å². The van der Waals surface area contributed by atoms with Gasteiger partial charge in [-0.15, -0.1) is 11.8 Å². The van der Waals surface area contributed by atoms with E-state index in [0.29, 0.717) is 22.2 Å². The summed E-state index contributed by atoms with van der Waals surface area (Å²) in [6, 6.07) is 12.3. The van der Waals surface area contributed by atoms with Crippen molar-refractivity contribution in [3.8, 4) is 0 Å². The summed E-state index contributed by atoms with van der Waals surface area (Å²) >= 11 is 13.2. The Morgan fingerprint density at radius 2 is 1.64 bits per heavy atom. The van der Waals surface area contributed by atoms with Gasteiger partial charge in [0, 0.05) is 32.7 Å². The molecule has 0 spiro atoms. The maximum atomic E-state index is 12.1. The number of rotatable bonds is 7. The summed E-state index contributed by atoms with van der Waals surface area (Å²) in [5.74, 6) is 0.0558. The fourth-order valence-corrected chi connectivity index (χ4v) is 3.37. The summed E-state index contributed by atoms with van der Waals surface area (Å²) in [7, 11) is 0. The molecule has 0 aliphatic carbocycles. The first-order valence-corrected chi connectivity index (χ1v) is 9.49. The standard InChI is InChI=1S/C18H18Cl2N2O2S/c1-2-4-17(23)21-14-5-3-6-16(10-14)25-11-18(24)22-15-8-12(19)7-13(20)9-15/h3,5-10H,2,4,11H2,1H3,(H,21,23)(H,22,24). The molecule has 25 heavy (non-hydrogen) atoms. The quantitative estimate of drug-likeness (QED) is 0.610. The van der Waals surface area contributed by atoms with Crippen LogP contribution in [0.1, 0.15) is 19.8 Å². The first kappa shape index (κ1) is 19.6. The smallest absolute Gasteiger partial charge is 0.234 e. The molecule has 2 rings (SSSR count). The second kappa shape index (κ2) is 9.70. The van der Waals surface area contributed by atoms with Crippen LogP contribution < -0.4 is 10.6 Å². The number of nitrogens with one attached hydrogen (secondary N) is 2. The minimum Gasteiger partial charge on any atom is -0.326 e. The van der Waals surface area contributed by atoms with Crippen LogP contribution in [0.25, 0.3) is 0 Å². The van der Waals surface area contributed by atoms with E-state index in [4.69, 9.17) is 23.2 Å². The first-order chi connectivity index (χ1) is 12.0. The van der Waals surface area contributed by atoms with Crippen LogP contribution in [0, 0.1) is 0 Å². The highest BCUT2D eigenvalue weighted by molar-refractivity contribution is 8.00. The summed E-state index contributed by atoms with van der Waals surface area (Å²) in [5.41, 5.74) is 1.29. The minimum atomic E-state index is -0.163. The molecule has 2 aromatic rings. The van der Waals surface area contributed by atoms with Crippen molar-refractivity contribution >= 4 is 58.2 Å². The van der Waals surface area contributed by atoms with E-state index in [-0.39, 0.29) is 17.6 Å². The molecule has 0 heterocycles. The molecular weight excluding hydrogens is 379 g/mol. The maximum absolute atomic E-state index is 12.1. The molecule has 2 N–H and O–H groups in total.